The molecule has 1 amide bonds. The van der Waals surface area contributed by atoms with Gasteiger partial charge in [0.2, 0.25) is 5.91 Å². The molecule has 0 radical (unpaired) electrons. The smallest absolute Gasteiger partial charge is 0.234 e. The van der Waals surface area contributed by atoms with Gasteiger partial charge in [-0.25, -0.2) is 0 Å². The second-order valence-electron chi connectivity index (χ2n) is 7.21. The fourth-order valence-electron chi connectivity index (χ4n) is 3.51. The van der Waals surface area contributed by atoms with E-state index in [-0.39, 0.29) is 11.7 Å². The minimum Gasteiger partial charge on any atom is -0.467 e. The molecule has 164 valence electrons. The fourth-order valence-corrected chi connectivity index (χ4v) is 4.25. The summed E-state index contributed by atoms with van der Waals surface area (Å²) in [6.45, 7) is 4.65. The number of thioether (sulfide) groups is 1. The number of para-hydroxylation sites is 1. The van der Waals surface area contributed by atoms with E-state index < -0.39 is 0 Å². The number of furan rings is 1. The Labute approximate surface area is 191 Å². The lowest BCUT2D eigenvalue weighted by Gasteiger charge is -2.14. The molecule has 0 spiro atoms. The minimum absolute atomic E-state index is 0.0684. The maximum absolute atomic E-state index is 12.8. The van der Waals surface area contributed by atoms with Crippen LogP contribution in [0, 0.1) is 0 Å². The zero-order valence-corrected chi connectivity index (χ0v) is 18.9. The van der Waals surface area contributed by atoms with Crippen LogP contribution in [0.1, 0.15) is 30.7 Å². The van der Waals surface area contributed by atoms with E-state index in [1.54, 1.807) is 18.7 Å². The Morgan fingerprint density at radius 3 is 2.53 bits per heavy atom. The van der Waals surface area contributed by atoms with Crippen molar-refractivity contribution < 1.29 is 9.21 Å². The first kappa shape index (κ1) is 21.8. The topological polar surface area (TPSA) is 85.8 Å². The van der Waals surface area contributed by atoms with Crippen LogP contribution >= 0.6 is 11.8 Å². The van der Waals surface area contributed by atoms with E-state index in [0.29, 0.717) is 17.5 Å². The number of carbonyl (C=O) groups excluding carboxylic acids is 1. The summed E-state index contributed by atoms with van der Waals surface area (Å²) in [7, 11) is 0. The van der Waals surface area contributed by atoms with Crippen molar-refractivity contribution in [2.24, 2.45) is 0 Å². The van der Waals surface area contributed by atoms with Gasteiger partial charge in [0, 0.05) is 23.6 Å². The Morgan fingerprint density at radius 1 is 1.06 bits per heavy atom. The van der Waals surface area contributed by atoms with Crippen LogP contribution in [-0.4, -0.2) is 31.4 Å². The molecule has 8 heteroatoms. The van der Waals surface area contributed by atoms with Gasteiger partial charge in [0.15, 0.2) is 11.0 Å². The highest BCUT2D eigenvalue weighted by Crippen LogP contribution is 2.26. The summed E-state index contributed by atoms with van der Waals surface area (Å²) >= 11 is 1.35. The molecular weight excluding hydrogens is 422 g/mol. The fraction of sp³-hybridized carbons (Fsp3) is 0.250. The van der Waals surface area contributed by atoms with Gasteiger partial charge in [-0.1, -0.05) is 43.8 Å². The number of rotatable bonds is 9. The van der Waals surface area contributed by atoms with Crippen LogP contribution in [0.5, 0.6) is 0 Å². The summed E-state index contributed by atoms with van der Waals surface area (Å²) in [6, 6.07) is 13.7. The normalized spacial score (nSPS) is 10.9. The first-order valence-electron chi connectivity index (χ1n) is 10.6. The maximum Gasteiger partial charge on any atom is 0.234 e. The lowest BCUT2D eigenvalue weighted by molar-refractivity contribution is -0.113. The van der Waals surface area contributed by atoms with Crippen LogP contribution in [0.4, 0.5) is 5.69 Å². The number of aryl methyl sites for hydroxylation is 2. The standard InChI is InChI=1S/C24H25N5O2S/c1-3-17-8-5-9-18(4-2)22(17)26-21(30)16-32-24-28-27-23(19-10-6-12-25-14-19)29(24)15-20-11-7-13-31-20/h5-14H,3-4,15-16H2,1-2H3,(H,26,30). The molecule has 1 N–H and O–H groups in total. The second-order valence-corrected chi connectivity index (χ2v) is 8.15. The predicted octanol–water partition coefficient (Wildman–Crippen LogP) is 4.84. The number of benzene rings is 1. The molecule has 4 rings (SSSR count). The van der Waals surface area contributed by atoms with Crippen LogP contribution < -0.4 is 5.32 Å². The largest absolute Gasteiger partial charge is 0.467 e. The summed E-state index contributed by atoms with van der Waals surface area (Å²) in [5.74, 6) is 1.62. The maximum atomic E-state index is 12.8. The number of hydrogen-bond donors (Lipinski definition) is 1. The minimum atomic E-state index is -0.0684. The molecule has 0 bridgehead atoms. The first-order valence-corrected chi connectivity index (χ1v) is 11.6. The van der Waals surface area contributed by atoms with Crippen LogP contribution in [0.25, 0.3) is 11.4 Å². The number of pyridine rings is 1. The lowest BCUT2D eigenvalue weighted by Crippen LogP contribution is -2.17. The molecular formula is C24H25N5O2S. The van der Waals surface area contributed by atoms with Crippen molar-refractivity contribution >= 4 is 23.4 Å². The molecule has 0 unspecified atom stereocenters. The van der Waals surface area contributed by atoms with Gasteiger partial charge < -0.3 is 9.73 Å². The molecule has 4 aromatic rings. The molecule has 1 aromatic carbocycles. The molecule has 3 aromatic heterocycles. The van der Waals surface area contributed by atoms with Crippen molar-refractivity contribution in [1.82, 2.24) is 19.7 Å². The Hall–Kier alpha value is -3.39. The highest BCUT2D eigenvalue weighted by Gasteiger charge is 2.18. The number of nitrogens with zero attached hydrogens (tertiary/aromatic N) is 4. The Kier molecular flexibility index (Phi) is 7.01. The Morgan fingerprint density at radius 2 is 1.88 bits per heavy atom. The third kappa shape index (κ3) is 4.91. The number of nitrogens with one attached hydrogen (secondary N) is 1. The van der Waals surface area contributed by atoms with Gasteiger partial charge in [-0.15, -0.1) is 10.2 Å². The van der Waals surface area contributed by atoms with E-state index in [4.69, 9.17) is 4.42 Å². The van der Waals surface area contributed by atoms with E-state index >= 15 is 0 Å². The van der Waals surface area contributed by atoms with Crippen molar-refractivity contribution in [3.05, 3.63) is 78.0 Å². The highest BCUT2D eigenvalue weighted by atomic mass is 32.2. The molecule has 0 saturated heterocycles. The SMILES string of the molecule is CCc1cccc(CC)c1NC(=O)CSc1nnc(-c2cccnc2)n1Cc1ccco1. The molecule has 0 aliphatic rings. The first-order chi connectivity index (χ1) is 15.7. The van der Waals surface area contributed by atoms with Gasteiger partial charge in [-0.2, -0.15) is 0 Å². The van der Waals surface area contributed by atoms with Crippen LogP contribution in [0.2, 0.25) is 0 Å². The number of carbonyl (C=O) groups is 1. The summed E-state index contributed by atoms with van der Waals surface area (Å²) in [5, 5.41) is 12.5. The molecule has 0 fully saturated rings. The average Bonchev–Trinajstić information content (AvgIpc) is 3.49. The zero-order chi connectivity index (χ0) is 22.3. The van der Waals surface area contributed by atoms with Gasteiger partial charge in [-0.3, -0.25) is 14.3 Å². The van der Waals surface area contributed by atoms with Crippen molar-refractivity contribution in [3.63, 3.8) is 0 Å². The molecule has 0 saturated carbocycles. The lowest BCUT2D eigenvalue weighted by atomic mass is 10.0. The van der Waals surface area contributed by atoms with Gasteiger partial charge in [0.1, 0.15) is 5.76 Å². The second kappa shape index (κ2) is 10.3. The van der Waals surface area contributed by atoms with Gasteiger partial charge in [0.05, 0.1) is 18.6 Å². The number of anilines is 1. The Bertz CT molecular complexity index is 1150. The zero-order valence-electron chi connectivity index (χ0n) is 18.1. The monoisotopic (exact) mass is 447 g/mol. The third-order valence-electron chi connectivity index (χ3n) is 5.13. The number of amides is 1. The molecule has 0 aliphatic carbocycles. The third-order valence-corrected chi connectivity index (χ3v) is 6.09. The summed E-state index contributed by atoms with van der Waals surface area (Å²) < 4.78 is 7.48. The van der Waals surface area contributed by atoms with Crippen LogP contribution in [0.3, 0.4) is 0 Å². The van der Waals surface area contributed by atoms with E-state index in [1.165, 1.54) is 11.8 Å². The molecule has 0 aliphatic heterocycles. The van der Waals surface area contributed by atoms with Gasteiger partial charge >= 0.3 is 0 Å². The predicted molar refractivity (Wildman–Crippen MR) is 126 cm³/mol. The van der Waals surface area contributed by atoms with Gasteiger partial charge in [0.25, 0.3) is 0 Å². The number of hydrogen-bond acceptors (Lipinski definition) is 6. The van der Waals surface area contributed by atoms with E-state index in [9.17, 15) is 4.79 Å². The van der Waals surface area contributed by atoms with E-state index in [2.05, 4.69) is 46.5 Å². The number of aromatic nitrogens is 4. The van der Waals surface area contributed by atoms with E-state index in [0.717, 1.165) is 41.0 Å². The van der Waals surface area contributed by atoms with Crippen molar-refractivity contribution in [2.75, 3.05) is 11.1 Å². The van der Waals surface area contributed by atoms with Crippen molar-refractivity contribution in [3.8, 4) is 11.4 Å². The summed E-state index contributed by atoms with van der Waals surface area (Å²) in [4.78, 5) is 17.0. The highest BCUT2D eigenvalue weighted by molar-refractivity contribution is 7.99. The van der Waals surface area contributed by atoms with Crippen LogP contribution in [-0.2, 0) is 24.2 Å². The van der Waals surface area contributed by atoms with Gasteiger partial charge in [-0.05, 0) is 48.2 Å². The molecule has 0 atom stereocenters. The quantitative estimate of drug-likeness (QED) is 0.370. The Balaban J connectivity index is 1.53. The average molecular weight is 448 g/mol. The summed E-state index contributed by atoms with van der Waals surface area (Å²) in [5.41, 5.74) is 4.06. The van der Waals surface area contributed by atoms with Crippen molar-refractivity contribution in [2.45, 2.75) is 38.4 Å². The molecule has 32 heavy (non-hydrogen) atoms. The van der Waals surface area contributed by atoms with Crippen molar-refractivity contribution in [1.29, 1.82) is 0 Å². The van der Waals surface area contributed by atoms with E-state index in [1.807, 2.05) is 34.9 Å². The summed E-state index contributed by atoms with van der Waals surface area (Å²) in [6.07, 6.45) is 6.83. The van der Waals surface area contributed by atoms with Crippen LogP contribution in [0.15, 0.2) is 70.7 Å². The molecule has 3 heterocycles. The molecule has 7 nitrogen and oxygen atoms in total.